The van der Waals surface area contributed by atoms with Gasteiger partial charge in [0.15, 0.2) is 0 Å². The second-order valence-corrected chi connectivity index (χ2v) is 7.66. The van der Waals surface area contributed by atoms with Crippen LogP contribution in [0.3, 0.4) is 0 Å². The highest BCUT2D eigenvalue weighted by Crippen LogP contribution is 2.27. The molecule has 112 valence electrons. The van der Waals surface area contributed by atoms with E-state index in [0.717, 1.165) is 25.7 Å². The number of sulfonamides is 1. The quantitative estimate of drug-likeness (QED) is 0.817. The van der Waals surface area contributed by atoms with Crippen LogP contribution in [0.1, 0.15) is 42.3 Å². The average molecular weight is 316 g/mol. The molecule has 1 aliphatic heterocycles. The molecule has 5 nitrogen and oxygen atoms in total. The number of thiophene rings is 1. The van der Waals surface area contributed by atoms with Crippen LogP contribution in [0.4, 0.5) is 0 Å². The first-order valence-electron chi connectivity index (χ1n) is 6.93. The number of carbonyl (C=O) groups is 1. The molecule has 0 aliphatic carbocycles. The topological polar surface area (TPSA) is 66.5 Å². The lowest BCUT2D eigenvalue weighted by Gasteiger charge is -2.15. The highest BCUT2D eigenvalue weighted by molar-refractivity contribution is 7.89. The van der Waals surface area contributed by atoms with Gasteiger partial charge in [0.25, 0.3) is 5.91 Å². The summed E-state index contributed by atoms with van der Waals surface area (Å²) in [5.41, 5.74) is 0. The maximum Gasteiger partial charge on any atom is 0.262 e. The van der Waals surface area contributed by atoms with Crippen LogP contribution in [-0.4, -0.2) is 38.3 Å². The molecular weight excluding hydrogens is 296 g/mol. The molecule has 1 fully saturated rings. The van der Waals surface area contributed by atoms with Gasteiger partial charge in [0.1, 0.15) is 9.77 Å². The number of rotatable bonds is 6. The number of nitrogens with zero attached hydrogens (tertiary/aromatic N) is 1. The van der Waals surface area contributed by atoms with Crippen molar-refractivity contribution in [3.8, 4) is 0 Å². The minimum absolute atomic E-state index is 0.151. The van der Waals surface area contributed by atoms with Gasteiger partial charge >= 0.3 is 0 Å². The minimum Gasteiger partial charge on any atom is -0.351 e. The lowest BCUT2D eigenvalue weighted by molar-refractivity contribution is 0.0954. The second-order valence-electron chi connectivity index (χ2n) is 4.83. The van der Waals surface area contributed by atoms with Gasteiger partial charge < -0.3 is 5.32 Å². The molecule has 0 bridgehead atoms. The van der Waals surface area contributed by atoms with Crippen LogP contribution < -0.4 is 5.32 Å². The summed E-state index contributed by atoms with van der Waals surface area (Å²) in [5.74, 6) is -0.286. The van der Waals surface area contributed by atoms with Gasteiger partial charge in [-0.05, 0) is 30.7 Å². The Labute approximate surface area is 124 Å². The van der Waals surface area contributed by atoms with Gasteiger partial charge in [0, 0.05) is 19.6 Å². The summed E-state index contributed by atoms with van der Waals surface area (Å²) in [5, 5.41) is 4.44. The fourth-order valence-electron chi connectivity index (χ4n) is 2.19. The molecule has 1 saturated heterocycles. The number of unbranched alkanes of at least 4 members (excludes halogenated alkanes) is 1. The van der Waals surface area contributed by atoms with Crippen LogP contribution in [-0.2, 0) is 10.0 Å². The minimum atomic E-state index is -3.52. The predicted octanol–water partition coefficient (Wildman–Crippen LogP) is 2.06. The molecule has 1 aliphatic rings. The summed E-state index contributed by atoms with van der Waals surface area (Å²) in [7, 11) is -3.52. The van der Waals surface area contributed by atoms with Crippen molar-refractivity contribution in [1.82, 2.24) is 9.62 Å². The molecular formula is C13H20N2O3S2. The molecule has 2 rings (SSSR count). The summed E-state index contributed by atoms with van der Waals surface area (Å²) < 4.78 is 26.5. The smallest absolute Gasteiger partial charge is 0.262 e. The molecule has 0 unspecified atom stereocenters. The van der Waals surface area contributed by atoms with Crippen molar-refractivity contribution >= 4 is 27.3 Å². The number of amides is 1. The summed E-state index contributed by atoms with van der Waals surface area (Å²) >= 11 is 1.18. The Balaban J connectivity index is 2.17. The zero-order valence-electron chi connectivity index (χ0n) is 11.6. The Morgan fingerprint density at radius 2 is 2.10 bits per heavy atom. The van der Waals surface area contributed by atoms with Crippen LogP contribution in [0, 0.1) is 0 Å². The van der Waals surface area contributed by atoms with E-state index in [1.807, 2.05) is 6.92 Å². The lowest BCUT2D eigenvalue weighted by Crippen LogP contribution is -2.30. The van der Waals surface area contributed by atoms with Crippen molar-refractivity contribution in [2.45, 2.75) is 37.5 Å². The van der Waals surface area contributed by atoms with E-state index in [0.29, 0.717) is 24.5 Å². The largest absolute Gasteiger partial charge is 0.351 e. The maximum absolute atomic E-state index is 12.5. The lowest BCUT2D eigenvalue weighted by atomic mass is 10.3. The standard InChI is InChI=1S/C13H20N2O3S2/c1-2-3-7-14-13(16)12-11(6-10-19-12)20(17,18)15-8-4-5-9-15/h6,10H,2-5,7-9H2,1H3,(H,14,16). The molecule has 0 atom stereocenters. The Bertz CT molecular complexity index is 560. The number of hydrogen-bond donors (Lipinski definition) is 1. The van der Waals surface area contributed by atoms with Crippen molar-refractivity contribution in [3.05, 3.63) is 16.3 Å². The van der Waals surface area contributed by atoms with Gasteiger partial charge in [-0.3, -0.25) is 4.79 Å². The summed E-state index contributed by atoms with van der Waals surface area (Å²) in [6.07, 6.45) is 3.66. The number of hydrogen-bond acceptors (Lipinski definition) is 4. The van der Waals surface area contributed by atoms with Crippen LogP contribution in [0.2, 0.25) is 0 Å². The molecule has 1 amide bonds. The van der Waals surface area contributed by atoms with Gasteiger partial charge in [0.05, 0.1) is 0 Å². The van der Waals surface area contributed by atoms with Gasteiger partial charge in [-0.2, -0.15) is 4.31 Å². The van der Waals surface area contributed by atoms with Crippen molar-refractivity contribution < 1.29 is 13.2 Å². The molecule has 2 heterocycles. The molecule has 20 heavy (non-hydrogen) atoms. The Morgan fingerprint density at radius 3 is 2.75 bits per heavy atom. The van der Waals surface area contributed by atoms with E-state index >= 15 is 0 Å². The SMILES string of the molecule is CCCCNC(=O)c1sccc1S(=O)(=O)N1CCCC1. The van der Waals surface area contributed by atoms with Crippen LogP contribution >= 0.6 is 11.3 Å². The fourth-order valence-corrected chi connectivity index (χ4v) is 5.03. The summed E-state index contributed by atoms with van der Waals surface area (Å²) in [6.45, 7) is 3.72. The zero-order chi connectivity index (χ0) is 14.6. The Kier molecular flexibility index (Phi) is 5.17. The fraction of sp³-hybridized carbons (Fsp3) is 0.615. The molecule has 1 N–H and O–H groups in total. The third-order valence-electron chi connectivity index (χ3n) is 3.33. The Morgan fingerprint density at radius 1 is 1.40 bits per heavy atom. The molecule has 0 spiro atoms. The van der Waals surface area contributed by atoms with Gasteiger partial charge in [-0.25, -0.2) is 8.42 Å². The first-order chi connectivity index (χ1) is 9.57. The van der Waals surface area contributed by atoms with E-state index < -0.39 is 10.0 Å². The van der Waals surface area contributed by atoms with Gasteiger partial charge in [0.2, 0.25) is 10.0 Å². The van der Waals surface area contributed by atoms with Crippen molar-refractivity contribution in [3.63, 3.8) is 0 Å². The van der Waals surface area contributed by atoms with Gasteiger partial charge in [-0.15, -0.1) is 11.3 Å². The first-order valence-corrected chi connectivity index (χ1v) is 9.25. The third-order valence-corrected chi connectivity index (χ3v) is 6.32. The molecule has 1 aromatic heterocycles. The van der Waals surface area contributed by atoms with Crippen molar-refractivity contribution in [2.75, 3.05) is 19.6 Å². The number of carbonyl (C=O) groups excluding carboxylic acids is 1. The zero-order valence-corrected chi connectivity index (χ0v) is 13.2. The highest BCUT2D eigenvalue weighted by Gasteiger charge is 2.31. The molecule has 1 aromatic rings. The molecule has 0 aromatic carbocycles. The van der Waals surface area contributed by atoms with Crippen LogP contribution in [0.5, 0.6) is 0 Å². The number of nitrogens with one attached hydrogen (secondary N) is 1. The Hall–Kier alpha value is -0.920. The van der Waals surface area contributed by atoms with Gasteiger partial charge in [-0.1, -0.05) is 13.3 Å². The first kappa shape index (κ1) is 15.5. The van der Waals surface area contributed by atoms with Crippen LogP contribution in [0.15, 0.2) is 16.3 Å². The van der Waals surface area contributed by atoms with Crippen molar-refractivity contribution in [1.29, 1.82) is 0 Å². The van der Waals surface area contributed by atoms with E-state index in [1.165, 1.54) is 21.7 Å². The molecule has 0 saturated carbocycles. The molecule has 7 heteroatoms. The van der Waals surface area contributed by atoms with E-state index in [4.69, 9.17) is 0 Å². The maximum atomic E-state index is 12.5. The summed E-state index contributed by atoms with van der Waals surface area (Å²) in [6, 6.07) is 1.53. The second kappa shape index (κ2) is 6.69. The molecule has 0 radical (unpaired) electrons. The monoisotopic (exact) mass is 316 g/mol. The van der Waals surface area contributed by atoms with E-state index in [2.05, 4.69) is 5.32 Å². The van der Waals surface area contributed by atoms with E-state index in [-0.39, 0.29) is 10.8 Å². The van der Waals surface area contributed by atoms with Crippen molar-refractivity contribution in [2.24, 2.45) is 0 Å². The highest BCUT2D eigenvalue weighted by atomic mass is 32.2. The van der Waals surface area contributed by atoms with E-state index in [9.17, 15) is 13.2 Å². The summed E-state index contributed by atoms with van der Waals surface area (Å²) in [4.78, 5) is 12.5. The normalized spacial score (nSPS) is 16.4. The third kappa shape index (κ3) is 3.21. The average Bonchev–Trinajstić information content (AvgIpc) is 3.10. The van der Waals surface area contributed by atoms with E-state index in [1.54, 1.807) is 5.38 Å². The van der Waals surface area contributed by atoms with Crippen LogP contribution in [0.25, 0.3) is 0 Å². The predicted molar refractivity (Wildman–Crippen MR) is 79.6 cm³/mol.